The highest BCUT2D eigenvalue weighted by Gasteiger charge is 2.17. The maximum absolute atomic E-state index is 12.4. The van der Waals surface area contributed by atoms with Crippen LogP contribution in [0.4, 0.5) is 0 Å². The van der Waals surface area contributed by atoms with Crippen LogP contribution in [0.2, 0.25) is 0 Å². The number of hydrogen-bond donors (Lipinski definition) is 1. The summed E-state index contributed by atoms with van der Waals surface area (Å²) in [4.78, 5) is 23.5. The summed E-state index contributed by atoms with van der Waals surface area (Å²) in [5.41, 5.74) is 0.610. The number of hydrogen-bond acceptors (Lipinski definition) is 2. The third-order valence-electron chi connectivity index (χ3n) is 2.53. The smallest absolute Gasteiger partial charge is 0.336 e. The van der Waals surface area contributed by atoms with Crippen LogP contribution in [0.15, 0.2) is 51.4 Å². The first kappa shape index (κ1) is 14.0. The van der Waals surface area contributed by atoms with Crippen molar-refractivity contribution >= 4 is 43.6 Å². The molecule has 2 rings (SSSR count). The second-order valence-corrected chi connectivity index (χ2v) is 5.67. The summed E-state index contributed by atoms with van der Waals surface area (Å²) in [6.07, 6.45) is 0. The molecular formula is C14H8Br2O3. The van der Waals surface area contributed by atoms with Crippen molar-refractivity contribution in [3.05, 3.63) is 68.1 Å². The average Bonchev–Trinajstić information content (AvgIpc) is 2.36. The first-order valence-electron chi connectivity index (χ1n) is 5.32. The van der Waals surface area contributed by atoms with Crippen LogP contribution in [-0.2, 0) is 0 Å². The summed E-state index contributed by atoms with van der Waals surface area (Å²) in [5, 5.41) is 9.10. The molecule has 0 amide bonds. The highest BCUT2D eigenvalue weighted by molar-refractivity contribution is 9.11. The summed E-state index contributed by atoms with van der Waals surface area (Å²) < 4.78 is 1.50. The molecule has 0 atom stereocenters. The Morgan fingerprint density at radius 1 is 0.895 bits per heavy atom. The highest BCUT2D eigenvalue weighted by Crippen LogP contribution is 2.23. The first-order valence-corrected chi connectivity index (χ1v) is 6.91. The molecule has 0 radical (unpaired) electrons. The molecule has 0 bridgehead atoms. The van der Waals surface area contributed by atoms with E-state index in [2.05, 4.69) is 31.9 Å². The first-order chi connectivity index (χ1) is 8.99. The van der Waals surface area contributed by atoms with E-state index >= 15 is 0 Å². The van der Waals surface area contributed by atoms with E-state index in [1.165, 1.54) is 12.1 Å². The van der Waals surface area contributed by atoms with Gasteiger partial charge < -0.3 is 5.11 Å². The van der Waals surface area contributed by atoms with Crippen molar-refractivity contribution in [3.8, 4) is 0 Å². The monoisotopic (exact) mass is 382 g/mol. The lowest BCUT2D eigenvalue weighted by molar-refractivity contribution is 0.0693. The molecule has 96 valence electrons. The van der Waals surface area contributed by atoms with Crippen molar-refractivity contribution in [2.45, 2.75) is 0 Å². The van der Waals surface area contributed by atoms with Crippen molar-refractivity contribution in [1.82, 2.24) is 0 Å². The molecule has 3 nitrogen and oxygen atoms in total. The van der Waals surface area contributed by atoms with Crippen molar-refractivity contribution < 1.29 is 14.7 Å². The summed E-state index contributed by atoms with van der Waals surface area (Å²) in [6.45, 7) is 0. The Hall–Kier alpha value is -1.46. The Balaban J connectivity index is 2.53. The number of rotatable bonds is 3. The van der Waals surface area contributed by atoms with Crippen LogP contribution >= 0.6 is 31.9 Å². The number of ketones is 1. The largest absolute Gasteiger partial charge is 0.478 e. The van der Waals surface area contributed by atoms with Gasteiger partial charge in [-0.2, -0.15) is 0 Å². The summed E-state index contributed by atoms with van der Waals surface area (Å²) in [6, 6.07) is 11.3. The van der Waals surface area contributed by atoms with Crippen LogP contribution in [0.25, 0.3) is 0 Å². The van der Waals surface area contributed by atoms with Gasteiger partial charge in [-0.15, -0.1) is 0 Å². The molecule has 0 aliphatic heterocycles. The second-order valence-electron chi connectivity index (χ2n) is 3.84. The highest BCUT2D eigenvalue weighted by atomic mass is 79.9. The van der Waals surface area contributed by atoms with Gasteiger partial charge in [0.25, 0.3) is 0 Å². The van der Waals surface area contributed by atoms with Gasteiger partial charge in [-0.1, -0.05) is 50.1 Å². The van der Waals surface area contributed by atoms with E-state index in [1.54, 1.807) is 30.3 Å². The van der Waals surface area contributed by atoms with Gasteiger partial charge in [0.2, 0.25) is 0 Å². The van der Waals surface area contributed by atoms with Gasteiger partial charge in [0.05, 0.1) is 5.56 Å². The van der Waals surface area contributed by atoms with E-state index in [-0.39, 0.29) is 16.9 Å². The predicted octanol–water partition coefficient (Wildman–Crippen LogP) is 4.14. The van der Waals surface area contributed by atoms with Gasteiger partial charge in [0, 0.05) is 20.1 Å². The van der Waals surface area contributed by atoms with Gasteiger partial charge in [-0.25, -0.2) is 4.79 Å². The van der Waals surface area contributed by atoms with Crippen LogP contribution < -0.4 is 0 Å². The van der Waals surface area contributed by atoms with Crippen LogP contribution in [0.3, 0.4) is 0 Å². The lowest BCUT2D eigenvalue weighted by Gasteiger charge is -2.06. The lowest BCUT2D eigenvalue weighted by atomic mass is 9.98. The van der Waals surface area contributed by atoms with Crippen LogP contribution in [-0.4, -0.2) is 16.9 Å². The van der Waals surface area contributed by atoms with Crippen molar-refractivity contribution in [1.29, 1.82) is 0 Å². The fraction of sp³-hybridized carbons (Fsp3) is 0. The Bertz CT molecular complexity index is 645. The summed E-state index contributed by atoms with van der Waals surface area (Å²) in [5.74, 6) is -1.43. The minimum Gasteiger partial charge on any atom is -0.478 e. The number of carboxylic acid groups (broad SMARTS) is 1. The fourth-order valence-corrected chi connectivity index (χ4v) is 3.00. The van der Waals surface area contributed by atoms with E-state index in [1.807, 2.05) is 0 Å². The Morgan fingerprint density at radius 2 is 1.42 bits per heavy atom. The van der Waals surface area contributed by atoms with E-state index < -0.39 is 5.97 Å². The standard InChI is InChI=1S/C14H8Br2O3/c15-9-5-8(6-10(16)7-9)13(17)11-3-1-2-4-12(11)14(18)19/h1-7H,(H,18,19). The number of benzene rings is 2. The zero-order valence-corrected chi connectivity index (χ0v) is 12.7. The maximum atomic E-state index is 12.4. The number of carbonyl (C=O) groups excluding carboxylic acids is 1. The van der Waals surface area contributed by atoms with Gasteiger partial charge in [0.1, 0.15) is 0 Å². The van der Waals surface area contributed by atoms with Gasteiger partial charge in [-0.3, -0.25) is 4.79 Å². The quantitative estimate of drug-likeness (QED) is 0.810. The molecule has 0 saturated carbocycles. The number of carboxylic acids is 1. The lowest BCUT2D eigenvalue weighted by Crippen LogP contribution is -2.09. The Morgan fingerprint density at radius 3 is 1.95 bits per heavy atom. The molecule has 0 unspecified atom stereocenters. The number of carbonyl (C=O) groups is 2. The normalized spacial score (nSPS) is 10.2. The molecule has 1 N–H and O–H groups in total. The van der Waals surface area contributed by atoms with E-state index in [4.69, 9.17) is 5.11 Å². The molecule has 5 heteroatoms. The molecule has 0 aromatic heterocycles. The van der Waals surface area contributed by atoms with Gasteiger partial charge >= 0.3 is 5.97 Å². The molecular weight excluding hydrogens is 376 g/mol. The molecule has 0 fully saturated rings. The molecule has 0 spiro atoms. The minimum absolute atomic E-state index is 0.00333. The average molecular weight is 384 g/mol. The topological polar surface area (TPSA) is 54.4 Å². The Labute approximate surface area is 126 Å². The third kappa shape index (κ3) is 3.11. The maximum Gasteiger partial charge on any atom is 0.336 e. The third-order valence-corrected chi connectivity index (χ3v) is 3.44. The fourth-order valence-electron chi connectivity index (χ4n) is 1.71. The van der Waals surface area contributed by atoms with Crippen molar-refractivity contribution in [3.63, 3.8) is 0 Å². The molecule has 0 aliphatic carbocycles. The summed E-state index contributed by atoms with van der Waals surface area (Å²) >= 11 is 6.61. The molecule has 2 aromatic rings. The minimum atomic E-state index is -1.11. The SMILES string of the molecule is O=C(O)c1ccccc1C(=O)c1cc(Br)cc(Br)c1. The van der Waals surface area contributed by atoms with Crippen molar-refractivity contribution in [2.24, 2.45) is 0 Å². The summed E-state index contributed by atoms with van der Waals surface area (Å²) in [7, 11) is 0. The second kappa shape index (κ2) is 5.67. The molecule has 0 saturated heterocycles. The van der Waals surface area contributed by atoms with E-state index in [9.17, 15) is 9.59 Å². The molecule has 19 heavy (non-hydrogen) atoms. The zero-order valence-electron chi connectivity index (χ0n) is 9.56. The number of aromatic carboxylic acids is 1. The van der Waals surface area contributed by atoms with E-state index in [0.29, 0.717) is 5.56 Å². The van der Waals surface area contributed by atoms with Crippen LogP contribution in [0.5, 0.6) is 0 Å². The van der Waals surface area contributed by atoms with Crippen LogP contribution in [0, 0.1) is 0 Å². The molecule has 2 aromatic carbocycles. The van der Waals surface area contributed by atoms with Crippen LogP contribution in [0.1, 0.15) is 26.3 Å². The van der Waals surface area contributed by atoms with Crippen molar-refractivity contribution in [2.75, 3.05) is 0 Å². The molecule has 0 heterocycles. The predicted molar refractivity (Wildman–Crippen MR) is 78.7 cm³/mol. The number of halogens is 2. The Kier molecular flexibility index (Phi) is 4.17. The zero-order chi connectivity index (χ0) is 14.0. The van der Waals surface area contributed by atoms with E-state index in [0.717, 1.165) is 8.95 Å². The van der Waals surface area contributed by atoms with Gasteiger partial charge in [-0.05, 0) is 24.3 Å². The van der Waals surface area contributed by atoms with Gasteiger partial charge in [0.15, 0.2) is 5.78 Å². The molecule has 0 aliphatic rings.